The van der Waals surface area contributed by atoms with E-state index in [1.54, 1.807) is 0 Å². The highest BCUT2D eigenvalue weighted by Gasteiger charge is 2.19. The lowest BCUT2D eigenvalue weighted by atomic mass is 10.1. The number of hydrogen-bond donors (Lipinski definition) is 1. The summed E-state index contributed by atoms with van der Waals surface area (Å²) in [6.07, 6.45) is 1.22. The van der Waals surface area contributed by atoms with Gasteiger partial charge in [-0.05, 0) is 36.3 Å². The Morgan fingerprint density at radius 2 is 2.21 bits per heavy atom. The summed E-state index contributed by atoms with van der Waals surface area (Å²) in [5, 5.41) is 4.21. The number of ether oxygens (including phenoxy) is 2. The molecule has 8 heteroatoms. The Kier molecular flexibility index (Phi) is 9.00. The highest BCUT2D eigenvalue weighted by atomic mass is 35.5. The molecule has 24 heavy (non-hydrogen) atoms. The molecule has 1 unspecified atom stereocenters. The zero-order valence-electron chi connectivity index (χ0n) is 13.4. The fourth-order valence-corrected chi connectivity index (χ4v) is 5.72. The van der Waals surface area contributed by atoms with Crippen molar-refractivity contribution in [2.45, 2.75) is 11.7 Å². The van der Waals surface area contributed by atoms with Crippen molar-refractivity contribution in [1.29, 1.82) is 0 Å². The Labute approximate surface area is 163 Å². The van der Waals surface area contributed by atoms with Crippen LogP contribution in [-0.4, -0.2) is 55.2 Å². The van der Waals surface area contributed by atoms with Crippen molar-refractivity contribution in [3.8, 4) is 5.75 Å². The molecule has 2 heterocycles. The molecule has 1 aromatic rings. The number of halogens is 1. The van der Waals surface area contributed by atoms with Gasteiger partial charge in [-0.3, -0.25) is 4.90 Å². The van der Waals surface area contributed by atoms with Gasteiger partial charge in [-0.2, -0.15) is 0 Å². The van der Waals surface area contributed by atoms with E-state index in [9.17, 15) is 0 Å². The number of hydrogen-bond acceptors (Lipinski definition) is 6. The van der Waals surface area contributed by atoms with Crippen molar-refractivity contribution in [2.24, 2.45) is 0 Å². The zero-order valence-corrected chi connectivity index (χ0v) is 16.7. The van der Waals surface area contributed by atoms with E-state index in [4.69, 9.17) is 21.7 Å². The van der Waals surface area contributed by atoms with Gasteiger partial charge >= 0.3 is 0 Å². The van der Waals surface area contributed by atoms with Crippen molar-refractivity contribution >= 4 is 51.4 Å². The SMILES string of the molecule is Cl.S=C(NCCN1CCOCC1)Oc1cccc(C2CCSS2)c1. The monoisotopic (exact) mass is 406 g/mol. The summed E-state index contributed by atoms with van der Waals surface area (Å²) in [6.45, 7) is 5.40. The minimum Gasteiger partial charge on any atom is -0.432 e. The Morgan fingerprint density at radius 1 is 1.38 bits per heavy atom. The van der Waals surface area contributed by atoms with Crippen LogP contribution in [0.3, 0.4) is 0 Å². The summed E-state index contributed by atoms with van der Waals surface area (Å²) < 4.78 is 11.1. The van der Waals surface area contributed by atoms with Gasteiger partial charge in [0.1, 0.15) is 5.75 Å². The first-order valence-electron chi connectivity index (χ1n) is 7.95. The van der Waals surface area contributed by atoms with Crippen molar-refractivity contribution < 1.29 is 9.47 Å². The highest BCUT2D eigenvalue weighted by Crippen LogP contribution is 2.48. The molecule has 1 aromatic carbocycles. The Bertz CT molecular complexity index is 524. The molecule has 0 aliphatic carbocycles. The first kappa shape index (κ1) is 20.1. The van der Waals surface area contributed by atoms with E-state index in [1.165, 1.54) is 17.7 Å². The van der Waals surface area contributed by atoms with Crippen LogP contribution in [-0.2, 0) is 4.74 Å². The minimum atomic E-state index is 0. The molecule has 0 amide bonds. The van der Waals surface area contributed by atoms with Gasteiger partial charge in [0.15, 0.2) is 0 Å². The predicted octanol–water partition coefficient (Wildman–Crippen LogP) is 3.52. The lowest BCUT2D eigenvalue weighted by molar-refractivity contribution is 0.0388. The average Bonchev–Trinajstić information content (AvgIpc) is 3.11. The number of nitrogens with zero attached hydrogens (tertiary/aromatic N) is 1. The molecule has 0 saturated carbocycles. The van der Waals surface area contributed by atoms with Crippen LogP contribution >= 0.6 is 46.2 Å². The molecule has 0 aromatic heterocycles. The molecule has 1 atom stereocenters. The third-order valence-corrected chi connectivity index (χ3v) is 7.00. The van der Waals surface area contributed by atoms with Gasteiger partial charge in [0.2, 0.25) is 0 Å². The highest BCUT2D eigenvalue weighted by molar-refractivity contribution is 8.77. The van der Waals surface area contributed by atoms with Gasteiger partial charge in [0.05, 0.1) is 13.2 Å². The van der Waals surface area contributed by atoms with Gasteiger partial charge in [-0.25, -0.2) is 0 Å². The van der Waals surface area contributed by atoms with Gasteiger partial charge in [-0.1, -0.05) is 33.7 Å². The number of rotatable bonds is 5. The Hall–Kier alpha value is -0.180. The van der Waals surface area contributed by atoms with Crippen LogP contribution in [0.15, 0.2) is 24.3 Å². The first-order valence-corrected chi connectivity index (χ1v) is 10.7. The van der Waals surface area contributed by atoms with Gasteiger partial charge < -0.3 is 14.8 Å². The third kappa shape index (κ3) is 6.28. The topological polar surface area (TPSA) is 33.7 Å². The molecular formula is C16H23ClN2O2S3. The van der Waals surface area contributed by atoms with Crippen LogP contribution in [0, 0.1) is 0 Å². The Morgan fingerprint density at radius 3 is 2.96 bits per heavy atom. The number of nitrogens with one attached hydrogen (secondary N) is 1. The van der Waals surface area contributed by atoms with Crippen molar-refractivity contribution in [1.82, 2.24) is 10.2 Å². The second-order valence-corrected chi connectivity index (χ2v) is 8.60. The lowest BCUT2D eigenvalue weighted by Crippen LogP contribution is -2.41. The minimum absolute atomic E-state index is 0. The maximum atomic E-state index is 5.77. The zero-order chi connectivity index (χ0) is 15.9. The maximum Gasteiger partial charge on any atom is 0.262 e. The molecule has 1 N–H and O–H groups in total. The largest absolute Gasteiger partial charge is 0.432 e. The van der Waals surface area contributed by atoms with E-state index >= 15 is 0 Å². The van der Waals surface area contributed by atoms with Gasteiger partial charge in [0.25, 0.3) is 5.17 Å². The molecular weight excluding hydrogens is 384 g/mol. The van der Waals surface area contributed by atoms with Crippen LogP contribution in [0.25, 0.3) is 0 Å². The van der Waals surface area contributed by atoms with E-state index in [1.807, 2.05) is 33.7 Å². The standard InChI is InChI=1S/C16H22N2O2S3.ClH/c21-16(17-5-6-18-7-9-19-10-8-18)20-14-3-1-2-13(12-14)15-4-11-22-23-15;/h1-3,12,15H,4-11H2,(H,17,21);1H. The quantitative estimate of drug-likeness (QED) is 0.591. The second kappa shape index (κ2) is 10.7. The summed E-state index contributed by atoms with van der Waals surface area (Å²) in [5.74, 6) is 2.05. The fraction of sp³-hybridized carbons (Fsp3) is 0.562. The molecule has 2 aliphatic rings. The van der Waals surface area contributed by atoms with Crippen molar-refractivity contribution in [3.05, 3.63) is 29.8 Å². The average molecular weight is 407 g/mol. The van der Waals surface area contributed by atoms with Crippen molar-refractivity contribution in [3.63, 3.8) is 0 Å². The summed E-state index contributed by atoms with van der Waals surface area (Å²) >= 11 is 5.30. The summed E-state index contributed by atoms with van der Waals surface area (Å²) in [7, 11) is 3.90. The molecule has 2 fully saturated rings. The normalized spacial score (nSPS) is 21.1. The van der Waals surface area contributed by atoms with Crippen LogP contribution in [0.4, 0.5) is 0 Å². The molecule has 2 saturated heterocycles. The maximum absolute atomic E-state index is 5.77. The molecule has 4 nitrogen and oxygen atoms in total. The predicted molar refractivity (Wildman–Crippen MR) is 110 cm³/mol. The third-order valence-electron chi connectivity index (χ3n) is 3.89. The van der Waals surface area contributed by atoms with Crippen LogP contribution < -0.4 is 10.1 Å². The molecule has 0 bridgehead atoms. The molecule has 0 spiro atoms. The first-order chi connectivity index (χ1) is 11.3. The summed E-state index contributed by atoms with van der Waals surface area (Å²) in [6, 6.07) is 8.29. The molecule has 2 aliphatic heterocycles. The number of benzene rings is 1. The van der Waals surface area contributed by atoms with E-state index in [0.29, 0.717) is 10.4 Å². The number of thiocarbonyl (C=S) groups is 1. The van der Waals surface area contributed by atoms with Crippen LogP contribution in [0.5, 0.6) is 5.75 Å². The molecule has 134 valence electrons. The molecule has 3 rings (SSSR count). The van der Waals surface area contributed by atoms with E-state index in [-0.39, 0.29) is 12.4 Å². The van der Waals surface area contributed by atoms with E-state index < -0.39 is 0 Å². The van der Waals surface area contributed by atoms with Crippen molar-refractivity contribution in [2.75, 3.05) is 45.1 Å². The van der Waals surface area contributed by atoms with E-state index in [0.717, 1.165) is 45.1 Å². The second-order valence-electron chi connectivity index (χ2n) is 5.54. The lowest BCUT2D eigenvalue weighted by Gasteiger charge is -2.26. The number of morpholine rings is 1. The van der Waals surface area contributed by atoms with Crippen LogP contribution in [0.1, 0.15) is 17.2 Å². The van der Waals surface area contributed by atoms with Gasteiger partial charge in [-0.15, -0.1) is 12.4 Å². The molecule has 0 radical (unpaired) electrons. The van der Waals surface area contributed by atoms with Crippen LogP contribution in [0.2, 0.25) is 0 Å². The summed E-state index contributed by atoms with van der Waals surface area (Å²) in [4.78, 5) is 2.37. The van der Waals surface area contributed by atoms with E-state index in [2.05, 4.69) is 22.3 Å². The Balaban J connectivity index is 0.00000208. The fourth-order valence-electron chi connectivity index (χ4n) is 2.62. The smallest absolute Gasteiger partial charge is 0.262 e. The van der Waals surface area contributed by atoms with Gasteiger partial charge in [0, 0.05) is 37.2 Å². The summed E-state index contributed by atoms with van der Waals surface area (Å²) in [5.41, 5.74) is 1.33.